The number of para-hydroxylation sites is 1. The van der Waals surface area contributed by atoms with E-state index in [1.807, 2.05) is 24.3 Å². The van der Waals surface area contributed by atoms with Gasteiger partial charge in [0.05, 0.1) is 16.4 Å². The number of hydrogen-bond acceptors (Lipinski definition) is 6. The summed E-state index contributed by atoms with van der Waals surface area (Å²) in [5.74, 6) is -1.54. The highest BCUT2D eigenvalue weighted by molar-refractivity contribution is 7.22. The zero-order valence-corrected chi connectivity index (χ0v) is 11.4. The van der Waals surface area contributed by atoms with E-state index in [1.165, 1.54) is 17.5 Å². The summed E-state index contributed by atoms with van der Waals surface area (Å²) in [5, 5.41) is 18.9. The first-order chi connectivity index (χ1) is 10.1. The van der Waals surface area contributed by atoms with Gasteiger partial charge in [-0.05, 0) is 12.1 Å². The van der Waals surface area contributed by atoms with Crippen LogP contribution in [0.25, 0.3) is 10.2 Å². The summed E-state index contributed by atoms with van der Waals surface area (Å²) in [6.45, 7) is -0.129. The number of nitrogens with one attached hydrogen (secondary N) is 1. The number of fused-ring (bicyclic) bond motifs is 1. The van der Waals surface area contributed by atoms with E-state index in [-0.39, 0.29) is 18.1 Å². The second kappa shape index (κ2) is 5.29. The maximum Gasteiger partial charge on any atom is 0.358 e. The largest absolute Gasteiger partial charge is 0.476 e. The van der Waals surface area contributed by atoms with Crippen LogP contribution in [0.1, 0.15) is 10.5 Å². The van der Waals surface area contributed by atoms with Gasteiger partial charge in [0.2, 0.25) is 5.91 Å². The van der Waals surface area contributed by atoms with Crippen LogP contribution in [0.15, 0.2) is 30.5 Å². The normalized spacial score (nSPS) is 10.7. The fraction of sp³-hybridized carbons (Fsp3) is 0.0833. The van der Waals surface area contributed by atoms with Crippen LogP contribution in [0, 0.1) is 0 Å². The molecule has 0 saturated carbocycles. The number of carboxylic acids is 1. The Balaban J connectivity index is 1.69. The number of carboxylic acid groups (broad SMARTS) is 1. The molecule has 8 nitrogen and oxygen atoms in total. The molecule has 0 aliphatic rings. The molecule has 0 atom stereocenters. The number of aromatic nitrogens is 4. The van der Waals surface area contributed by atoms with Crippen molar-refractivity contribution < 1.29 is 14.7 Å². The topological polar surface area (TPSA) is 110 Å². The van der Waals surface area contributed by atoms with Gasteiger partial charge in [0.15, 0.2) is 10.8 Å². The molecule has 3 rings (SSSR count). The molecule has 0 radical (unpaired) electrons. The number of carbonyl (C=O) groups excluding carboxylic acids is 1. The molecular formula is C12H9N5O3S. The van der Waals surface area contributed by atoms with Crippen LogP contribution in [-0.2, 0) is 11.3 Å². The first kappa shape index (κ1) is 13.2. The van der Waals surface area contributed by atoms with E-state index in [1.54, 1.807) is 0 Å². The lowest BCUT2D eigenvalue weighted by Crippen LogP contribution is -2.19. The van der Waals surface area contributed by atoms with Crippen molar-refractivity contribution in [1.29, 1.82) is 0 Å². The quantitative estimate of drug-likeness (QED) is 0.750. The van der Waals surface area contributed by atoms with Gasteiger partial charge >= 0.3 is 5.97 Å². The Bertz CT molecular complexity index is 792. The number of benzene rings is 1. The number of rotatable bonds is 4. The third kappa shape index (κ3) is 2.87. The minimum atomic E-state index is -1.19. The molecule has 0 aliphatic heterocycles. The number of amides is 1. The van der Waals surface area contributed by atoms with Crippen molar-refractivity contribution in [3.8, 4) is 0 Å². The molecule has 0 spiro atoms. The lowest BCUT2D eigenvalue weighted by atomic mass is 10.3. The predicted octanol–water partition coefficient (Wildman–Crippen LogP) is 1.22. The van der Waals surface area contributed by atoms with Crippen LogP contribution >= 0.6 is 11.3 Å². The van der Waals surface area contributed by atoms with Crippen LogP contribution in [-0.4, -0.2) is 37.0 Å². The van der Waals surface area contributed by atoms with Crippen molar-refractivity contribution in [1.82, 2.24) is 20.0 Å². The van der Waals surface area contributed by atoms with E-state index in [4.69, 9.17) is 5.11 Å². The summed E-state index contributed by atoms with van der Waals surface area (Å²) >= 11 is 1.36. The Morgan fingerprint density at radius 2 is 2.14 bits per heavy atom. The van der Waals surface area contributed by atoms with Crippen LogP contribution < -0.4 is 5.32 Å². The van der Waals surface area contributed by atoms with Gasteiger partial charge in [-0.3, -0.25) is 4.79 Å². The SMILES string of the molecule is O=C(Cn1cc(C(=O)O)nn1)Nc1nc2ccccc2s1. The van der Waals surface area contributed by atoms with Crippen LogP contribution in [0.3, 0.4) is 0 Å². The van der Waals surface area contributed by atoms with E-state index in [2.05, 4.69) is 20.6 Å². The molecule has 106 valence electrons. The maximum atomic E-state index is 11.9. The number of carbonyl (C=O) groups is 2. The molecule has 1 aromatic carbocycles. The number of aromatic carboxylic acids is 1. The number of thiazole rings is 1. The van der Waals surface area contributed by atoms with E-state index < -0.39 is 5.97 Å². The molecule has 0 fully saturated rings. The molecular weight excluding hydrogens is 294 g/mol. The molecule has 3 aromatic rings. The Hall–Kier alpha value is -2.81. The summed E-state index contributed by atoms with van der Waals surface area (Å²) in [6, 6.07) is 7.54. The fourth-order valence-electron chi connectivity index (χ4n) is 1.71. The molecule has 2 heterocycles. The van der Waals surface area contributed by atoms with E-state index >= 15 is 0 Å². The molecule has 0 bridgehead atoms. The highest BCUT2D eigenvalue weighted by atomic mass is 32.1. The third-order valence-corrected chi connectivity index (χ3v) is 3.56. The lowest BCUT2D eigenvalue weighted by molar-refractivity contribution is -0.116. The van der Waals surface area contributed by atoms with Crippen molar-refractivity contribution in [2.75, 3.05) is 5.32 Å². The van der Waals surface area contributed by atoms with Gasteiger partial charge < -0.3 is 10.4 Å². The van der Waals surface area contributed by atoms with Crippen molar-refractivity contribution in [3.63, 3.8) is 0 Å². The van der Waals surface area contributed by atoms with Gasteiger partial charge in [-0.25, -0.2) is 14.5 Å². The van der Waals surface area contributed by atoms with E-state index in [0.29, 0.717) is 5.13 Å². The Morgan fingerprint density at radius 3 is 2.86 bits per heavy atom. The van der Waals surface area contributed by atoms with Gasteiger partial charge in [0.1, 0.15) is 6.54 Å². The summed E-state index contributed by atoms with van der Waals surface area (Å²) in [5.41, 5.74) is 0.606. The molecule has 0 unspecified atom stereocenters. The van der Waals surface area contributed by atoms with E-state index in [0.717, 1.165) is 14.9 Å². The zero-order valence-electron chi connectivity index (χ0n) is 10.6. The van der Waals surface area contributed by atoms with Crippen LogP contribution in [0.2, 0.25) is 0 Å². The minimum Gasteiger partial charge on any atom is -0.476 e. The summed E-state index contributed by atoms with van der Waals surface area (Å²) in [4.78, 5) is 26.8. The van der Waals surface area contributed by atoms with Crippen molar-refractivity contribution >= 4 is 38.6 Å². The average molecular weight is 303 g/mol. The lowest BCUT2D eigenvalue weighted by Gasteiger charge is -2.00. The molecule has 2 N–H and O–H groups in total. The highest BCUT2D eigenvalue weighted by Crippen LogP contribution is 2.25. The smallest absolute Gasteiger partial charge is 0.358 e. The number of anilines is 1. The monoisotopic (exact) mass is 303 g/mol. The zero-order chi connectivity index (χ0) is 14.8. The number of hydrogen-bond donors (Lipinski definition) is 2. The third-order valence-electron chi connectivity index (χ3n) is 2.60. The Kier molecular flexibility index (Phi) is 3.32. The van der Waals surface area contributed by atoms with Gasteiger partial charge in [-0.1, -0.05) is 28.7 Å². The Labute approximate surface area is 122 Å². The Morgan fingerprint density at radius 1 is 1.33 bits per heavy atom. The van der Waals surface area contributed by atoms with Crippen molar-refractivity contribution in [2.45, 2.75) is 6.54 Å². The van der Waals surface area contributed by atoms with Gasteiger partial charge in [0, 0.05) is 0 Å². The second-order valence-electron chi connectivity index (χ2n) is 4.14. The number of nitrogens with zero attached hydrogens (tertiary/aromatic N) is 4. The summed E-state index contributed by atoms with van der Waals surface area (Å²) in [7, 11) is 0. The van der Waals surface area contributed by atoms with Gasteiger partial charge in [-0.15, -0.1) is 5.10 Å². The van der Waals surface area contributed by atoms with E-state index in [9.17, 15) is 9.59 Å². The van der Waals surface area contributed by atoms with Crippen molar-refractivity contribution in [3.05, 3.63) is 36.2 Å². The van der Waals surface area contributed by atoms with Crippen LogP contribution in [0.4, 0.5) is 5.13 Å². The molecule has 2 aromatic heterocycles. The molecule has 0 saturated heterocycles. The summed E-state index contributed by atoms with van der Waals surface area (Å²) in [6.07, 6.45) is 1.19. The fourth-order valence-corrected chi connectivity index (χ4v) is 2.59. The van der Waals surface area contributed by atoms with Gasteiger partial charge in [-0.2, -0.15) is 0 Å². The first-order valence-corrected chi connectivity index (χ1v) is 6.72. The average Bonchev–Trinajstić information content (AvgIpc) is 3.04. The standard InChI is InChI=1S/C12H9N5O3S/c18-10(6-17-5-8(11(19)20)15-16-17)14-12-13-7-3-1-2-4-9(7)21-12/h1-5H,6H2,(H,19,20)(H,13,14,18). The molecule has 1 amide bonds. The first-order valence-electron chi connectivity index (χ1n) is 5.90. The minimum absolute atomic E-state index is 0.129. The second-order valence-corrected chi connectivity index (χ2v) is 5.17. The molecule has 9 heteroatoms. The summed E-state index contributed by atoms with van der Waals surface area (Å²) < 4.78 is 2.13. The highest BCUT2D eigenvalue weighted by Gasteiger charge is 2.12. The maximum absolute atomic E-state index is 11.9. The van der Waals surface area contributed by atoms with Crippen LogP contribution in [0.5, 0.6) is 0 Å². The predicted molar refractivity (Wildman–Crippen MR) is 75.2 cm³/mol. The molecule has 0 aliphatic carbocycles. The molecule has 21 heavy (non-hydrogen) atoms. The van der Waals surface area contributed by atoms with Crippen molar-refractivity contribution in [2.24, 2.45) is 0 Å². The van der Waals surface area contributed by atoms with Gasteiger partial charge in [0.25, 0.3) is 0 Å².